The molecule has 0 fully saturated rings. The molecule has 5 heteroatoms. The van der Waals surface area contributed by atoms with Gasteiger partial charge in [0.25, 0.3) is 11.5 Å². The summed E-state index contributed by atoms with van der Waals surface area (Å²) in [5.41, 5.74) is 1.37. The van der Waals surface area contributed by atoms with E-state index in [-0.39, 0.29) is 17.2 Å². The zero-order valence-electron chi connectivity index (χ0n) is 13.0. The lowest BCUT2D eigenvalue weighted by atomic mass is 10.1. The van der Waals surface area contributed by atoms with Gasteiger partial charge in [-0.2, -0.15) is 0 Å². The van der Waals surface area contributed by atoms with Crippen molar-refractivity contribution in [1.82, 2.24) is 10.3 Å². The second-order valence-electron chi connectivity index (χ2n) is 5.08. The highest BCUT2D eigenvalue weighted by molar-refractivity contribution is 5.94. The molecule has 1 atom stereocenters. The molecule has 0 saturated heterocycles. The second kappa shape index (κ2) is 6.93. The summed E-state index contributed by atoms with van der Waals surface area (Å²) in [6, 6.07) is 10.5. The second-order valence-corrected chi connectivity index (χ2v) is 5.08. The van der Waals surface area contributed by atoms with Gasteiger partial charge in [0.15, 0.2) is 0 Å². The van der Waals surface area contributed by atoms with Crippen LogP contribution in [0.4, 0.5) is 0 Å². The molecule has 0 bridgehead atoms. The molecule has 0 aliphatic carbocycles. The molecule has 1 amide bonds. The summed E-state index contributed by atoms with van der Waals surface area (Å²) in [5.74, 6) is 0.366. The largest absolute Gasteiger partial charge is 0.494 e. The Kier molecular flexibility index (Phi) is 4.99. The fraction of sp³-hybridized carbons (Fsp3) is 0.294. The van der Waals surface area contributed by atoms with Crippen molar-refractivity contribution in [2.24, 2.45) is 0 Å². The van der Waals surface area contributed by atoms with Crippen molar-refractivity contribution >= 4 is 5.91 Å². The molecule has 5 nitrogen and oxygen atoms in total. The summed E-state index contributed by atoms with van der Waals surface area (Å²) in [4.78, 5) is 26.6. The Morgan fingerprint density at radius 3 is 2.77 bits per heavy atom. The van der Waals surface area contributed by atoms with Crippen LogP contribution in [0.1, 0.15) is 41.5 Å². The van der Waals surface area contributed by atoms with E-state index in [0.29, 0.717) is 6.61 Å². The number of ether oxygens (including phenoxy) is 1. The van der Waals surface area contributed by atoms with Crippen LogP contribution in [0, 0.1) is 6.92 Å². The molecule has 1 aromatic heterocycles. The summed E-state index contributed by atoms with van der Waals surface area (Å²) >= 11 is 0. The first-order valence-electron chi connectivity index (χ1n) is 7.24. The highest BCUT2D eigenvalue weighted by Crippen LogP contribution is 2.19. The van der Waals surface area contributed by atoms with Gasteiger partial charge < -0.3 is 15.0 Å². The predicted octanol–water partition coefficient (Wildman–Crippen LogP) is 2.57. The Morgan fingerprint density at radius 2 is 2.09 bits per heavy atom. The minimum absolute atomic E-state index is 0.110. The molecule has 116 valence electrons. The van der Waals surface area contributed by atoms with Gasteiger partial charge in [-0.1, -0.05) is 12.1 Å². The van der Waals surface area contributed by atoms with E-state index in [2.05, 4.69) is 10.3 Å². The molecule has 0 spiro atoms. The number of hydrogen-bond donors (Lipinski definition) is 2. The first kappa shape index (κ1) is 15.8. The molecule has 0 saturated carbocycles. The molecule has 0 radical (unpaired) electrons. The van der Waals surface area contributed by atoms with Gasteiger partial charge in [0.05, 0.1) is 12.6 Å². The number of benzene rings is 1. The number of pyridine rings is 1. The number of aromatic nitrogens is 1. The van der Waals surface area contributed by atoms with E-state index in [1.807, 2.05) is 38.1 Å². The van der Waals surface area contributed by atoms with Crippen molar-refractivity contribution in [3.8, 4) is 5.75 Å². The van der Waals surface area contributed by atoms with Crippen molar-refractivity contribution in [3.63, 3.8) is 0 Å². The van der Waals surface area contributed by atoms with Crippen LogP contribution in [0.5, 0.6) is 5.75 Å². The number of rotatable bonds is 5. The van der Waals surface area contributed by atoms with Crippen LogP contribution in [0.25, 0.3) is 0 Å². The third-order valence-electron chi connectivity index (χ3n) is 3.32. The normalized spacial score (nSPS) is 11.8. The van der Waals surface area contributed by atoms with Crippen LogP contribution < -0.4 is 15.6 Å². The molecular formula is C17H20N2O3. The van der Waals surface area contributed by atoms with Crippen LogP contribution in [0.15, 0.2) is 41.2 Å². The number of carbonyl (C=O) groups excluding carboxylic acids is 1. The Labute approximate surface area is 129 Å². The quantitative estimate of drug-likeness (QED) is 0.891. The fourth-order valence-corrected chi connectivity index (χ4v) is 2.15. The minimum Gasteiger partial charge on any atom is -0.494 e. The highest BCUT2D eigenvalue weighted by atomic mass is 16.5. The number of H-pyrrole nitrogens is 1. The zero-order valence-corrected chi connectivity index (χ0v) is 13.0. The van der Waals surface area contributed by atoms with E-state index in [0.717, 1.165) is 17.0 Å². The lowest BCUT2D eigenvalue weighted by Crippen LogP contribution is -2.31. The molecule has 2 N–H and O–H groups in total. The Hall–Kier alpha value is -2.56. The van der Waals surface area contributed by atoms with E-state index < -0.39 is 5.91 Å². The van der Waals surface area contributed by atoms with E-state index in [9.17, 15) is 9.59 Å². The highest BCUT2D eigenvalue weighted by Gasteiger charge is 2.14. The van der Waals surface area contributed by atoms with Gasteiger partial charge >= 0.3 is 0 Å². The number of carbonyl (C=O) groups is 1. The predicted molar refractivity (Wildman–Crippen MR) is 85.3 cm³/mol. The average molecular weight is 300 g/mol. The van der Waals surface area contributed by atoms with Gasteiger partial charge in [-0.15, -0.1) is 0 Å². The molecule has 2 aromatic rings. The first-order valence-corrected chi connectivity index (χ1v) is 7.24. The molecule has 1 unspecified atom stereocenters. The number of amides is 1. The van der Waals surface area contributed by atoms with Crippen LogP contribution in [-0.4, -0.2) is 17.5 Å². The van der Waals surface area contributed by atoms with E-state index in [1.165, 1.54) is 6.07 Å². The van der Waals surface area contributed by atoms with Crippen LogP contribution >= 0.6 is 0 Å². The summed E-state index contributed by atoms with van der Waals surface area (Å²) in [6.07, 6.45) is 0. The number of hydrogen-bond acceptors (Lipinski definition) is 3. The average Bonchev–Trinajstić information content (AvgIpc) is 2.47. The fourth-order valence-electron chi connectivity index (χ4n) is 2.15. The summed E-state index contributed by atoms with van der Waals surface area (Å²) in [7, 11) is 0. The van der Waals surface area contributed by atoms with Crippen molar-refractivity contribution in [1.29, 1.82) is 0 Å². The third-order valence-corrected chi connectivity index (χ3v) is 3.32. The van der Waals surface area contributed by atoms with Gasteiger partial charge in [0, 0.05) is 5.69 Å². The van der Waals surface area contributed by atoms with Gasteiger partial charge in [-0.3, -0.25) is 9.59 Å². The van der Waals surface area contributed by atoms with Crippen LogP contribution in [-0.2, 0) is 0 Å². The maximum atomic E-state index is 12.2. The summed E-state index contributed by atoms with van der Waals surface area (Å²) in [5, 5.41) is 2.83. The van der Waals surface area contributed by atoms with Crippen LogP contribution in [0.3, 0.4) is 0 Å². The molecule has 1 heterocycles. The van der Waals surface area contributed by atoms with Crippen molar-refractivity contribution in [2.45, 2.75) is 26.8 Å². The molecule has 22 heavy (non-hydrogen) atoms. The van der Waals surface area contributed by atoms with Gasteiger partial charge in [0.2, 0.25) is 0 Å². The molecule has 0 aliphatic rings. The maximum Gasteiger partial charge on any atom is 0.260 e. The smallest absolute Gasteiger partial charge is 0.260 e. The van der Waals surface area contributed by atoms with Crippen molar-refractivity contribution in [3.05, 3.63) is 63.6 Å². The Balaban J connectivity index is 2.14. The van der Waals surface area contributed by atoms with Gasteiger partial charge in [0.1, 0.15) is 11.3 Å². The Bertz CT molecular complexity index is 722. The molecular weight excluding hydrogens is 280 g/mol. The molecule has 0 aliphatic heterocycles. The number of aryl methyl sites for hydroxylation is 1. The first-order chi connectivity index (χ1) is 10.5. The van der Waals surface area contributed by atoms with Crippen molar-refractivity contribution in [2.75, 3.05) is 6.61 Å². The lowest BCUT2D eigenvalue weighted by Gasteiger charge is -2.15. The van der Waals surface area contributed by atoms with E-state index >= 15 is 0 Å². The summed E-state index contributed by atoms with van der Waals surface area (Å²) < 4.78 is 5.45. The van der Waals surface area contributed by atoms with Gasteiger partial charge in [-0.05, 0) is 50.6 Å². The standard InChI is InChI=1S/C17H20N2O3/c1-4-22-14-7-5-6-13(10-14)12(3)19-17(21)15-9-8-11(2)18-16(15)20/h5-10,12H,4H2,1-3H3,(H,18,20)(H,19,21). The summed E-state index contributed by atoms with van der Waals surface area (Å²) in [6.45, 7) is 6.14. The third kappa shape index (κ3) is 3.75. The monoisotopic (exact) mass is 300 g/mol. The van der Waals surface area contributed by atoms with Crippen LogP contribution in [0.2, 0.25) is 0 Å². The maximum absolute atomic E-state index is 12.2. The topological polar surface area (TPSA) is 71.2 Å². The lowest BCUT2D eigenvalue weighted by molar-refractivity contribution is 0.0938. The molecule has 1 aromatic carbocycles. The van der Waals surface area contributed by atoms with Crippen molar-refractivity contribution < 1.29 is 9.53 Å². The number of aromatic amines is 1. The zero-order chi connectivity index (χ0) is 16.1. The van der Waals surface area contributed by atoms with E-state index in [4.69, 9.17) is 4.74 Å². The SMILES string of the molecule is CCOc1cccc(C(C)NC(=O)c2ccc(C)[nH]c2=O)c1. The van der Waals surface area contributed by atoms with E-state index in [1.54, 1.807) is 13.0 Å². The molecule has 2 rings (SSSR count). The van der Waals surface area contributed by atoms with Gasteiger partial charge in [-0.25, -0.2) is 0 Å². The number of nitrogens with one attached hydrogen (secondary N) is 2. The minimum atomic E-state index is -0.393. The Morgan fingerprint density at radius 1 is 1.32 bits per heavy atom.